The Morgan fingerprint density at radius 3 is 2.10 bits per heavy atom. The van der Waals surface area contributed by atoms with Crippen molar-refractivity contribution < 1.29 is 28.8 Å². The number of nitrogens with zero attached hydrogens (tertiary/aromatic N) is 2. The second-order valence-electron chi connectivity index (χ2n) is 7.04. The van der Waals surface area contributed by atoms with Gasteiger partial charge in [0.05, 0.1) is 4.92 Å². The van der Waals surface area contributed by atoms with Crippen molar-refractivity contribution in [1.29, 1.82) is 0 Å². The van der Waals surface area contributed by atoms with Crippen LogP contribution in [0.3, 0.4) is 0 Å². The van der Waals surface area contributed by atoms with Crippen LogP contribution in [0.2, 0.25) is 0 Å². The smallest absolute Gasteiger partial charge is 0.408 e. The Labute approximate surface area is 170 Å². The molecule has 0 aromatic heterocycles. The second kappa shape index (κ2) is 12.3. The predicted octanol–water partition coefficient (Wildman–Crippen LogP) is 2.90. The molecule has 1 rings (SSSR count). The molecule has 0 bridgehead atoms. The maximum absolute atomic E-state index is 11.9. The van der Waals surface area contributed by atoms with Crippen LogP contribution in [0.25, 0.3) is 0 Å². The highest BCUT2D eigenvalue weighted by Crippen LogP contribution is 2.17. The molecule has 162 valence electrons. The van der Waals surface area contributed by atoms with Crippen molar-refractivity contribution in [1.82, 2.24) is 10.2 Å². The van der Waals surface area contributed by atoms with E-state index in [1.54, 1.807) is 20.8 Å². The number of nitro groups is 1. The van der Waals surface area contributed by atoms with Gasteiger partial charge in [-0.05, 0) is 32.9 Å². The lowest BCUT2D eigenvalue weighted by Crippen LogP contribution is -2.42. The number of amides is 2. The van der Waals surface area contributed by atoms with E-state index < -0.39 is 28.5 Å². The fourth-order valence-electron chi connectivity index (χ4n) is 1.68. The zero-order chi connectivity index (χ0) is 22.6. The molecule has 10 nitrogen and oxygen atoms in total. The quantitative estimate of drug-likeness (QED) is 0.330. The number of nitrogens with one attached hydrogen (secondary N) is 1. The predicted molar refractivity (Wildman–Crippen MR) is 107 cm³/mol. The van der Waals surface area contributed by atoms with Crippen LogP contribution >= 0.6 is 0 Å². The summed E-state index contributed by atoms with van der Waals surface area (Å²) in [6, 6.07) is 4.95. The highest BCUT2D eigenvalue weighted by atomic mass is 16.6. The number of rotatable bonds is 6. The molecule has 1 aromatic carbocycles. The number of non-ortho nitro benzene ring substituents is 1. The molecule has 0 aliphatic heterocycles. The molecule has 0 spiro atoms. The number of hydrogen-bond acceptors (Lipinski definition) is 7. The van der Waals surface area contributed by atoms with Gasteiger partial charge in [0.15, 0.2) is 0 Å². The molecule has 0 saturated carbocycles. The van der Waals surface area contributed by atoms with Gasteiger partial charge in [0.1, 0.15) is 24.4 Å². The van der Waals surface area contributed by atoms with E-state index in [4.69, 9.17) is 9.47 Å². The van der Waals surface area contributed by atoms with Crippen molar-refractivity contribution >= 4 is 23.7 Å². The fraction of sp³-hybridized carbons (Fsp3) is 0.526. The molecule has 10 heteroatoms. The van der Waals surface area contributed by atoms with Crippen molar-refractivity contribution in [2.75, 3.05) is 20.1 Å². The lowest BCUT2D eigenvalue weighted by atomic mass is 10.2. The van der Waals surface area contributed by atoms with Gasteiger partial charge in [0.2, 0.25) is 5.91 Å². The fourth-order valence-corrected chi connectivity index (χ4v) is 1.68. The molecule has 0 unspecified atom stereocenters. The molecule has 0 radical (unpaired) electrons. The highest BCUT2D eigenvalue weighted by Gasteiger charge is 2.19. The molecule has 1 N–H and O–H groups in total. The van der Waals surface area contributed by atoms with Crippen LogP contribution < -0.4 is 10.1 Å². The molecule has 0 aliphatic carbocycles. The van der Waals surface area contributed by atoms with Crippen LogP contribution in [0.15, 0.2) is 24.3 Å². The average molecular weight is 411 g/mol. The number of carbonyl (C=O) groups is 3. The first kappa shape index (κ1) is 25.8. The van der Waals surface area contributed by atoms with E-state index in [9.17, 15) is 24.5 Å². The average Bonchev–Trinajstić information content (AvgIpc) is 2.59. The molecule has 0 saturated heterocycles. The second-order valence-corrected chi connectivity index (χ2v) is 7.04. The van der Waals surface area contributed by atoms with E-state index in [1.807, 2.05) is 0 Å². The third kappa shape index (κ3) is 12.0. The summed E-state index contributed by atoms with van der Waals surface area (Å²) >= 11 is 0. The Hall–Kier alpha value is -3.17. The van der Waals surface area contributed by atoms with Crippen LogP contribution in [0.4, 0.5) is 10.5 Å². The number of esters is 1. The largest absolute Gasteiger partial charge is 0.444 e. The first-order chi connectivity index (χ1) is 13.4. The van der Waals surface area contributed by atoms with Crippen LogP contribution in [-0.4, -0.2) is 53.5 Å². The third-order valence-corrected chi connectivity index (χ3v) is 2.85. The maximum atomic E-state index is 11.9. The molecular weight excluding hydrogens is 382 g/mol. The lowest BCUT2D eigenvalue weighted by molar-refractivity contribution is -0.384. The number of alkyl carbamates (subject to hydrolysis) is 1. The summed E-state index contributed by atoms with van der Waals surface area (Å²) in [6.07, 6.45) is 0.507. The Kier molecular flexibility index (Phi) is 11.0. The van der Waals surface area contributed by atoms with Crippen molar-refractivity contribution in [2.24, 2.45) is 0 Å². The summed E-state index contributed by atoms with van der Waals surface area (Å²) in [6.45, 7) is 8.63. The zero-order valence-corrected chi connectivity index (χ0v) is 17.7. The minimum Gasteiger partial charge on any atom is -0.444 e. The maximum Gasteiger partial charge on any atom is 0.408 e. The molecular formula is C19H29N3O7. The summed E-state index contributed by atoms with van der Waals surface area (Å²) in [7, 11) is 1.37. The third-order valence-electron chi connectivity index (χ3n) is 2.85. The van der Waals surface area contributed by atoms with Crippen molar-refractivity contribution in [2.45, 2.75) is 46.6 Å². The van der Waals surface area contributed by atoms with Gasteiger partial charge in [-0.3, -0.25) is 14.9 Å². The van der Waals surface area contributed by atoms with Gasteiger partial charge in [-0.2, -0.15) is 0 Å². The first-order valence-corrected chi connectivity index (χ1v) is 9.05. The molecule has 0 fully saturated rings. The van der Waals surface area contributed by atoms with Crippen molar-refractivity contribution in [3.05, 3.63) is 34.4 Å². The van der Waals surface area contributed by atoms with Gasteiger partial charge in [-0.1, -0.05) is 20.3 Å². The minimum absolute atomic E-state index is 0.119. The van der Waals surface area contributed by atoms with E-state index in [0.717, 1.165) is 4.90 Å². The highest BCUT2D eigenvalue weighted by molar-refractivity contribution is 5.86. The number of benzene rings is 1. The first-order valence-electron chi connectivity index (χ1n) is 9.05. The topological polar surface area (TPSA) is 128 Å². The standard InChI is InChI=1S/C16H21N3O7.C3H8/c1-16(2,3)26-15(22)17-9-13(20)18(4)10-14(21)25-12-7-5-11(6-8-12)19(23)24;1-3-2/h5-8H,9-10H2,1-4H3,(H,17,22);3H2,1-2H3. The van der Waals surface area contributed by atoms with E-state index >= 15 is 0 Å². The van der Waals surface area contributed by atoms with E-state index in [1.165, 1.54) is 37.7 Å². The Morgan fingerprint density at radius 1 is 1.14 bits per heavy atom. The number of hydrogen-bond donors (Lipinski definition) is 1. The summed E-state index contributed by atoms with van der Waals surface area (Å²) in [4.78, 5) is 46.2. The number of likely N-dealkylation sites (N-methyl/N-ethyl adjacent to an activating group) is 1. The number of ether oxygens (including phenoxy) is 2. The van der Waals surface area contributed by atoms with Gasteiger partial charge < -0.3 is 19.7 Å². The molecule has 0 atom stereocenters. The minimum atomic E-state index is -0.743. The summed E-state index contributed by atoms with van der Waals surface area (Å²) in [5, 5.41) is 12.8. The Balaban J connectivity index is 0.00000245. The van der Waals surface area contributed by atoms with Crippen LogP contribution in [0.5, 0.6) is 5.75 Å². The molecule has 29 heavy (non-hydrogen) atoms. The molecule has 0 aliphatic rings. The Bertz CT molecular complexity index is 697. The summed E-state index contributed by atoms with van der Waals surface area (Å²) in [5.41, 5.74) is -0.821. The monoisotopic (exact) mass is 411 g/mol. The summed E-state index contributed by atoms with van der Waals surface area (Å²) < 4.78 is 9.99. The van der Waals surface area contributed by atoms with Crippen molar-refractivity contribution in [3.8, 4) is 5.75 Å². The van der Waals surface area contributed by atoms with Crippen LogP contribution in [0.1, 0.15) is 41.0 Å². The van der Waals surface area contributed by atoms with Gasteiger partial charge in [-0.25, -0.2) is 9.59 Å². The van der Waals surface area contributed by atoms with E-state index in [2.05, 4.69) is 19.2 Å². The normalized spacial score (nSPS) is 10.1. The van der Waals surface area contributed by atoms with Crippen LogP contribution in [0, 0.1) is 10.1 Å². The lowest BCUT2D eigenvalue weighted by Gasteiger charge is -2.20. The number of carbonyl (C=O) groups excluding carboxylic acids is 3. The van der Waals surface area contributed by atoms with Crippen LogP contribution in [-0.2, 0) is 14.3 Å². The number of nitro benzene ring substituents is 1. The Morgan fingerprint density at radius 2 is 1.66 bits per heavy atom. The van der Waals surface area contributed by atoms with Crippen molar-refractivity contribution in [3.63, 3.8) is 0 Å². The molecule has 0 heterocycles. The van der Waals surface area contributed by atoms with Gasteiger partial charge in [0.25, 0.3) is 5.69 Å². The molecule has 2 amide bonds. The SMILES string of the molecule is CCC.CN(CC(=O)Oc1ccc([N+](=O)[O-])cc1)C(=O)CNC(=O)OC(C)(C)C. The van der Waals surface area contributed by atoms with Gasteiger partial charge in [0, 0.05) is 19.2 Å². The molecule has 1 aromatic rings. The van der Waals surface area contributed by atoms with Gasteiger partial charge in [-0.15, -0.1) is 0 Å². The zero-order valence-electron chi connectivity index (χ0n) is 17.7. The van der Waals surface area contributed by atoms with E-state index in [-0.39, 0.29) is 24.5 Å². The van der Waals surface area contributed by atoms with E-state index in [0.29, 0.717) is 0 Å². The van der Waals surface area contributed by atoms with Gasteiger partial charge >= 0.3 is 12.1 Å². The summed E-state index contributed by atoms with van der Waals surface area (Å²) in [5.74, 6) is -1.13.